The fraction of sp³-hybridized carbons (Fsp3) is 0. The Morgan fingerprint density at radius 2 is 1.60 bits per heavy atom. The molecule has 124 valence electrons. The molecular formula is C19H13BrN2O3. The Morgan fingerprint density at radius 1 is 0.840 bits per heavy atom. The van der Waals surface area contributed by atoms with Crippen molar-refractivity contribution in [2.24, 2.45) is 0 Å². The summed E-state index contributed by atoms with van der Waals surface area (Å²) in [5.74, 6) is 0.0496. The third-order valence-electron chi connectivity index (χ3n) is 3.95. The summed E-state index contributed by atoms with van der Waals surface area (Å²) >= 11 is 3.45. The molecule has 0 bridgehead atoms. The van der Waals surface area contributed by atoms with Gasteiger partial charge in [0.05, 0.1) is 11.2 Å². The highest BCUT2D eigenvalue weighted by atomic mass is 79.9. The molecule has 4 rings (SSSR count). The molecule has 1 aromatic heterocycles. The highest BCUT2D eigenvalue weighted by Gasteiger charge is 2.17. The van der Waals surface area contributed by atoms with Gasteiger partial charge in [-0.1, -0.05) is 22.0 Å². The number of benzene rings is 3. The number of aromatic hydroxyl groups is 3. The van der Waals surface area contributed by atoms with Crippen molar-refractivity contribution in [1.82, 2.24) is 9.78 Å². The van der Waals surface area contributed by atoms with Crippen molar-refractivity contribution in [2.75, 3.05) is 0 Å². The Morgan fingerprint density at radius 3 is 2.36 bits per heavy atom. The van der Waals surface area contributed by atoms with Crippen LogP contribution in [0.2, 0.25) is 0 Å². The van der Waals surface area contributed by atoms with Gasteiger partial charge < -0.3 is 15.3 Å². The normalized spacial score (nSPS) is 11.1. The lowest BCUT2D eigenvalue weighted by molar-refractivity contribution is 0.451. The SMILES string of the molecule is Oc1ccc(-c2nn(-c3cccc(Br)c3)c3cc(O)ccc23)c(O)c1. The van der Waals surface area contributed by atoms with Crippen molar-refractivity contribution in [1.29, 1.82) is 0 Å². The van der Waals surface area contributed by atoms with Crippen molar-refractivity contribution in [2.45, 2.75) is 0 Å². The van der Waals surface area contributed by atoms with E-state index >= 15 is 0 Å². The van der Waals surface area contributed by atoms with Crippen LogP contribution in [0.25, 0.3) is 27.8 Å². The van der Waals surface area contributed by atoms with Crippen LogP contribution < -0.4 is 0 Å². The fourth-order valence-electron chi connectivity index (χ4n) is 2.83. The average Bonchev–Trinajstić information content (AvgIpc) is 2.93. The molecule has 0 aliphatic rings. The second-order valence-corrected chi connectivity index (χ2v) is 6.56. The Bertz CT molecular complexity index is 1110. The van der Waals surface area contributed by atoms with Crippen LogP contribution in [0.3, 0.4) is 0 Å². The Kier molecular flexibility index (Phi) is 3.62. The molecule has 4 aromatic rings. The van der Waals surface area contributed by atoms with Crippen molar-refractivity contribution in [3.05, 3.63) is 65.1 Å². The van der Waals surface area contributed by atoms with Gasteiger partial charge in [-0.2, -0.15) is 5.10 Å². The summed E-state index contributed by atoms with van der Waals surface area (Å²) in [6, 6.07) is 17.0. The summed E-state index contributed by atoms with van der Waals surface area (Å²) in [6.45, 7) is 0. The topological polar surface area (TPSA) is 78.5 Å². The summed E-state index contributed by atoms with van der Waals surface area (Å²) in [6.07, 6.45) is 0. The standard InChI is InChI=1S/C19H13BrN2O3/c20-11-2-1-3-12(8-11)22-17-9-13(23)4-6-15(17)19(21-22)16-7-5-14(24)10-18(16)25/h1-10,23-25H. The third kappa shape index (κ3) is 2.70. The Labute approximate surface area is 151 Å². The van der Waals surface area contributed by atoms with E-state index in [4.69, 9.17) is 0 Å². The molecule has 1 heterocycles. The van der Waals surface area contributed by atoms with E-state index in [2.05, 4.69) is 21.0 Å². The number of halogens is 1. The monoisotopic (exact) mass is 396 g/mol. The zero-order valence-electron chi connectivity index (χ0n) is 12.9. The van der Waals surface area contributed by atoms with Crippen LogP contribution >= 0.6 is 15.9 Å². The molecule has 0 saturated carbocycles. The largest absolute Gasteiger partial charge is 0.508 e. The number of aromatic nitrogens is 2. The second-order valence-electron chi connectivity index (χ2n) is 5.64. The van der Waals surface area contributed by atoms with Crippen molar-refractivity contribution in [3.8, 4) is 34.2 Å². The fourth-order valence-corrected chi connectivity index (χ4v) is 3.21. The van der Waals surface area contributed by atoms with Gasteiger partial charge in [0.25, 0.3) is 0 Å². The summed E-state index contributed by atoms with van der Waals surface area (Å²) < 4.78 is 2.62. The van der Waals surface area contributed by atoms with Crippen molar-refractivity contribution < 1.29 is 15.3 Å². The van der Waals surface area contributed by atoms with E-state index in [0.717, 1.165) is 15.5 Å². The summed E-state index contributed by atoms with van der Waals surface area (Å²) in [5.41, 5.74) is 2.59. The highest BCUT2D eigenvalue weighted by Crippen LogP contribution is 2.37. The van der Waals surface area contributed by atoms with Crippen molar-refractivity contribution in [3.63, 3.8) is 0 Å². The molecule has 0 aliphatic carbocycles. The molecule has 0 fully saturated rings. The van der Waals surface area contributed by atoms with Crippen LogP contribution in [0.15, 0.2) is 65.1 Å². The quantitative estimate of drug-likeness (QED) is 0.463. The Balaban J connectivity index is 2.03. The molecule has 0 aliphatic heterocycles. The van der Waals surface area contributed by atoms with Crippen LogP contribution in [0.1, 0.15) is 0 Å². The molecule has 0 saturated heterocycles. The molecule has 0 amide bonds. The van der Waals surface area contributed by atoms with Crippen LogP contribution in [0.5, 0.6) is 17.2 Å². The van der Waals surface area contributed by atoms with Gasteiger partial charge >= 0.3 is 0 Å². The minimum atomic E-state index is -0.0612. The Hall–Kier alpha value is -2.99. The maximum absolute atomic E-state index is 10.2. The number of hydrogen-bond donors (Lipinski definition) is 3. The van der Waals surface area contributed by atoms with Crippen LogP contribution in [0.4, 0.5) is 0 Å². The van der Waals surface area contributed by atoms with E-state index in [1.807, 2.05) is 24.3 Å². The summed E-state index contributed by atoms with van der Waals surface area (Å²) in [5, 5.41) is 35.1. The first kappa shape index (κ1) is 15.5. The first-order valence-corrected chi connectivity index (χ1v) is 8.32. The van der Waals surface area contributed by atoms with Gasteiger partial charge in [-0.15, -0.1) is 0 Å². The maximum atomic E-state index is 10.2. The van der Waals surface area contributed by atoms with E-state index in [1.54, 1.807) is 28.9 Å². The lowest BCUT2D eigenvalue weighted by Crippen LogP contribution is -1.96. The number of phenolic OH excluding ortho intramolecular Hbond substituents is 3. The minimum absolute atomic E-state index is 0.0189. The van der Waals surface area contributed by atoms with E-state index in [9.17, 15) is 15.3 Å². The van der Waals surface area contributed by atoms with Crippen molar-refractivity contribution >= 4 is 26.8 Å². The van der Waals surface area contributed by atoms with Gasteiger partial charge in [-0.3, -0.25) is 0 Å². The van der Waals surface area contributed by atoms with Gasteiger partial charge in [0.15, 0.2) is 0 Å². The number of fused-ring (bicyclic) bond motifs is 1. The number of phenols is 3. The second kappa shape index (κ2) is 5.82. The molecule has 3 aromatic carbocycles. The van der Waals surface area contributed by atoms with Gasteiger partial charge in [0.2, 0.25) is 0 Å². The van der Waals surface area contributed by atoms with E-state index in [0.29, 0.717) is 16.8 Å². The molecule has 0 atom stereocenters. The van der Waals surface area contributed by atoms with Gasteiger partial charge in [-0.25, -0.2) is 4.68 Å². The molecule has 0 radical (unpaired) electrons. The predicted octanol–water partition coefficient (Wildman–Crippen LogP) is 4.57. The molecule has 25 heavy (non-hydrogen) atoms. The maximum Gasteiger partial charge on any atom is 0.128 e. The predicted molar refractivity (Wildman–Crippen MR) is 99.2 cm³/mol. The third-order valence-corrected chi connectivity index (χ3v) is 4.45. The molecular weight excluding hydrogens is 384 g/mol. The zero-order chi connectivity index (χ0) is 17.6. The van der Waals surface area contributed by atoms with Crippen LogP contribution in [-0.4, -0.2) is 25.1 Å². The first-order chi connectivity index (χ1) is 12.0. The average molecular weight is 397 g/mol. The highest BCUT2D eigenvalue weighted by molar-refractivity contribution is 9.10. The van der Waals surface area contributed by atoms with Gasteiger partial charge in [0.1, 0.15) is 22.9 Å². The molecule has 0 spiro atoms. The minimum Gasteiger partial charge on any atom is -0.508 e. The van der Waals surface area contributed by atoms with Crippen LogP contribution in [-0.2, 0) is 0 Å². The number of hydrogen-bond acceptors (Lipinski definition) is 4. The van der Waals surface area contributed by atoms with E-state index in [1.165, 1.54) is 12.1 Å². The summed E-state index contributed by atoms with van der Waals surface area (Å²) in [4.78, 5) is 0. The molecule has 3 N–H and O–H groups in total. The van der Waals surface area contributed by atoms with E-state index < -0.39 is 0 Å². The number of nitrogens with zero attached hydrogens (tertiary/aromatic N) is 2. The van der Waals surface area contributed by atoms with E-state index in [-0.39, 0.29) is 17.2 Å². The van der Waals surface area contributed by atoms with Crippen LogP contribution in [0, 0.1) is 0 Å². The lowest BCUT2D eigenvalue weighted by Gasteiger charge is -2.04. The molecule has 5 nitrogen and oxygen atoms in total. The summed E-state index contributed by atoms with van der Waals surface area (Å²) in [7, 11) is 0. The first-order valence-electron chi connectivity index (χ1n) is 7.53. The number of rotatable bonds is 2. The van der Waals surface area contributed by atoms with Gasteiger partial charge in [0, 0.05) is 27.6 Å². The smallest absolute Gasteiger partial charge is 0.128 e. The molecule has 0 unspecified atom stereocenters. The molecule has 6 heteroatoms. The zero-order valence-corrected chi connectivity index (χ0v) is 14.5. The lowest BCUT2D eigenvalue weighted by atomic mass is 10.1. The van der Waals surface area contributed by atoms with Gasteiger partial charge in [-0.05, 0) is 42.5 Å².